The van der Waals surface area contributed by atoms with Crippen molar-refractivity contribution in [3.63, 3.8) is 0 Å². The number of nitrogens with one attached hydrogen (secondary N) is 2. The van der Waals surface area contributed by atoms with Crippen molar-refractivity contribution in [2.75, 3.05) is 152 Å². The third kappa shape index (κ3) is 23.2. The van der Waals surface area contributed by atoms with Crippen molar-refractivity contribution in [3.8, 4) is 11.1 Å². The summed E-state index contributed by atoms with van der Waals surface area (Å²) in [5, 5.41) is 5.37. The second-order valence-electron chi connectivity index (χ2n) is 13.8. The molecule has 0 fully saturated rings. The first kappa shape index (κ1) is 48.9. The summed E-state index contributed by atoms with van der Waals surface area (Å²) in [5.41, 5.74) is 4.24. The van der Waals surface area contributed by atoms with Crippen molar-refractivity contribution in [2.24, 2.45) is 0 Å². The van der Waals surface area contributed by atoms with Crippen LogP contribution in [0.15, 0.2) is 48.5 Å². The first-order valence-corrected chi connectivity index (χ1v) is 20.2. The van der Waals surface area contributed by atoms with E-state index in [2.05, 4.69) is 34.9 Å². The van der Waals surface area contributed by atoms with Gasteiger partial charge in [0, 0.05) is 19.0 Å². The van der Waals surface area contributed by atoms with Crippen LogP contribution in [-0.4, -0.2) is 170 Å². The van der Waals surface area contributed by atoms with E-state index in [1.54, 1.807) is 0 Å². The number of hydrogen-bond acceptors (Lipinski definition) is 14. The van der Waals surface area contributed by atoms with Crippen LogP contribution in [0.4, 0.5) is 9.59 Å². The highest BCUT2D eigenvalue weighted by molar-refractivity contribution is 5.79. The number of hydrogen-bond donors (Lipinski definition) is 2. The molecule has 1 aliphatic carbocycles. The molecule has 2 aromatic carbocycles. The van der Waals surface area contributed by atoms with Gasteiger partial charge < -0.3 is 67.5 Å². The Kier molecular flexibility index (Phi) is 26.6. The minimum Gasteiger partial charge on any atom is -0.449 e. The van der Waals surface area contributed by atoms with Crippen LogP contribution in [0.5, 0.6) is 0 Å². The normalized spacial score (nSPS) is 12.3. The van der Waals surface area contributed by atoms with E-state index in [0.29, 0.717) is 145 Å². The standard InChI is InChI=1S/C42H66N2O14/c1-42(2,3)58-41(46)44-13-15-48-17-19-50-21-23-52-25-27-54-29-31-56-33-32-55-30-28-53-26-24-51-22-20-49-18-16-47-14-12-43-40(45)57-34-39-37-10-6-4-8-35(37)36-9-5-7-11-38(36)39/h4-11,39H,12-34H2,1-3H3,(H,43,45)(H,44,46). The van der Waals surface area contributed by atoms with Crippen molar-refractivity contribution < 1.29 is 66.4 Å². The summed E-state index contributed by atoms with van der Waals surface area (Å²) >= 11 is 0. The average Bonchev–Trinajstić information content (AvgIpc) is 3.53. The second-order valence-corrected chi connectivity index (χ2v) is 13.8. The highest BCUT2D eigenvalue weighted by atomic mass is 16.6. The summed E-state index contributed by atoms with van der Waals surface area (Å²) < 4.78 is 65.5. The molecule has 0 aromatic heterocycles. The topological polar surface area (TPSA) is 169 Å². The minimum absolute atomic E-state index is 0.0325. The molecule has 0 saturated heterocycles. The lowest BCUT2D eigenvalue weighted by molar-refractivity contribution is -0.0263. The van der Waals surface area contributed by atoms with Gasteiger partial charge >= 0.3 is 12.2 Å². The fraction of sp³-hybridized carbons (Fsp3) is 0.667. The van der Waals surface area contributed by atoms with E-state index in [0.717, 1.165) is 0 Å². The van der Waals surface area contributed by atoms with E-state index in [1.807, 2.05) is 45.0 Å². The van der Waals surface area contributed by atoms with Crippen molar-refractivity contribution in [3.05, 3.63) is 59.7 Å². The molecular weight excluding hydrogens is 756 g/mol. The molecule has 16 nitrogen and oxygen atoms in total. The van der Waals surface area contributed by atoms with Crippen LogP contribution in [0.25, 0.3) is 11.1 Å². The number of carbonyl (C=O) groups is 2. The lowest BCUT2D eigenvalue weighted by atomic mass is 9.98. The fourth-order valence-electron chi connectivity index (χ4n) is 5.50. The fourth-order valence-corrected chi connectivity index (χ4v) is 5.50. The van der Waals surface area contributed by atoms with Gasteiger partial charge in [0.15, 0.2) is 0 Å². The Morgan fingerprint density at radius 1 is 0.448 bits per heavy atom. The maximum Gasteiger partial charge on any atom is 0.407 e. The maximum absolute atomic E-state index is 12.3. The van der Waals surface area contributed by atoms with Crippen LogP contribution in [0, 0.1) is 0 Å². The molecule has 0 heterocycles. The van der Waals surface area contributed by atoms with Crippen LogP contribution in [0.3, 0.4) is 0 Å². The smallest absolute Gasteiger partial charge is 0.407 e. The first-order chi connectivity index (χ1) is 28.3. The van der Waals surface area contributed by atoms with E-state index in [4.69, 9.17) is 56.8 Å². The molecular formula is C42H66N2O14. The van der Waals surface area contributed by atoms with E-state index in [-0.39, 0.29) is 12.5 Å². The molecule has 0 bridgehead atoms. The Hall–Kier alpha value is -3.42. The van der Waals surface area contributed by atoms with Crippen molar-refractivity contribution >= 4 is 12.2 Å². The maximum atomic E-state index is 12.3. The van der Waals surface area contributed by atoms with Crippen molar-refractivity contribution in [1.82, 2.24) is 10.6 Å². The third-order valence-corrected chi connectivity index (χ3v) is 8.12. The van der Waals surface area contributed by atoms with E-state index >= 15 is 0 Å². The number of ether oxygens (including phenoxy) is 12. The number of fused-ring (bicyclic) bond motifs is 3. The van der Waals surface area contributed by atoms with Crippen molar-refractivity contribution in [1.29, 1.82) is 0 Å². The Labute approximate surface area is 343 Å². The number of rotatable bonds is 35. The zero-order valence-corrected chi connectivity index (χ0v) is 34.7. The van der Waals surface area contributed by atoms with E-state index in [1.165, 1.54) is 22.3 Å². The molecule has 0 spiro atoms. The predicted octanol–water partition coefficient (Wildman–Crippen LogP) is 4.22. The summed E-state index contributed by atoms with van der Waals surface area (Å²) in [7, 11) is 0. The molecule has 0 unspecified atom stereocenters. The predicted molar refractivity (Wildman–Crippen MR) is 215 cm³/mol. The van der Waals surface area contributed by atoms with Gasteiger partial charge in [-0.1, -0.05) is 48.5 Å². The van der Waals surface area contributed by atoms with Crippen LogP contribution in [0.2, 0.25) is 0 Å². The minimum atomic E-state index is -0.518. The molecule has 3 rings (SSSR count). The summed E-state index contributed by atoms with van der Waals surface area (Å²) in [6, 6.07) is 16.5. The van der Waals surface area contributed by atoms with Gasteiger partial charge in [-0.05, 0) is 43.0 Å². The zero-order chi connectivity index (χ0) is 41.4. The lowest BCUT2D eigenvalue weighted by Crippen LogP contribution is -2.34. The molecule has 0 aliphatic heterocycles. The van der Waals surface area contributed by atoms with Gasteiger partial charge in [-0.15, -0.1) is 0 Å². The second kappa shape index (κ2) is 31.5. The number of alkyl carbamates (subject to hydrolysis) is 2. The largest absolute Gasteiger partial charge is 0.449 e. The Morgan fingerprint density at radius 3 is 1.07 bits per heavy atom. The summed E-state index contributed by atoms with van der Waals surface area (Å²) in [5.74, 6) is 0.0325. The molecule has 0 saturated carbocycles. The molecule has 0 radical (unpaired) electrons. The summed E-state index contributed by atoms with van der Waals surface area (Å²) in [6.07, 6.45) is -0.913. The van der Waals surface area contributed by atoms with Crippen molar-refractivity contribution in [2.45, 2.75) is 32.3 Å². The molecule has 58 heavy (non-hydrogen) atoms. The monoisotopic (exact) mass is 822 g/mol. The molecule has 1 aliphatic rings. The highest BCUT2D eigenvalue weighted by Crippen LogP contribution is 2.44. The van der Waals surface area contributed by atoms with E-state index < -0.39 is 17.8 Å². The first-order valence-electron chi connectivity index (χ1n) is 20.2. The number of benzene rings is 2. The number of amides is 2. The summed E-state index contributed by atoms with van der Waals surface area (Å²) in [4.78, 5) is 23.8. The Morgan fingerprint density at radius 2 is 0.741 bits per heavy atom. The van der Waals surface area contributed by atoms with E-state index in [9.17, 15) is 9.59 Å². The molecule has 328 valence electrons. The van der Waals surface area contributed by atoms with Crippen LogP contribution in [-0.2, 0) is 56.8 Å². The molecule has 2 aromatic rings. The Balaban J connectivity index is 0.938. The SMILES string of the molecule is CC(C)(C)OC(=O)NCCOCCOCCOCCOCCOCCOCCOCCOCCOCCOCCNC(=O)OCC1c2ccccc2-c2ccccc21. The average molecular weight is 823 g/mol. The van der Waals surface area contributed by atoms with Gasteiger partial charge in [0.25, 0.3) is 0 Å². The highest BCUT2D eigenvalue weighted by Gasteiger charge is 2.29. The van der Waals surface area contributed by atoms with Crippen LogP contribution in [0.1, 0.15) is 37.8 Å². The van der Waals surface area contributed by atoms with Gasteiger partial charge in [0.05, 0.1) is 132 Å². The van der Waals surface area contributed by atoms with Gasteiger partial charge in [0.1, 0.15) is 12.2 Å². The molecule has 16 heteroatoms. The van der Waals surface area contributed by atoms with Gasteiger partial charge in [-0.3, -0.25) is 0 Å². The Bertz CT molecular complexity index is 1320. The molecule has 0 atom stereocenters. The summed E-state index contributed by atoms with van der Waals surface area (Å²) in [6.45, 7) is 15.6. The van der Waals surface area contributed by atoms with Gasteiger partial charge in [-0.25, -0.2) is 9.59 Å². The van der Waals surface area contributed by atoms with Crippen LogP contribution >= 0.6 is 0 Å². The van der Waals surface area contributed by atoms with Crippen LogP contribution < -0.4 is 10.6 Å². The number of carbonyl (C=O) groups excluding carboxylic acids is 2. The molecule has 2 amide bonds. The van der Waals surface area contributed by atoms with Gasteiger partial charge in [0.2, 0.25) is 0 Å². The quantitative estimate of drug-likeness (QED) is 0.0949. The third-order valence-electron chi connectivity index (χ3n) is 8.12. The van der Waals surface area contributed by atoms with Gasteiger partial charge in [-0.2, -0.15) is 0 Å². The zero-order valence-electron chi connectivity index (χ0n) is 34.7. The lowest BCUT2D eigenvalue weighted by Gasteiger charge is -2.19. The molecule has 2 N–H and O–H groups in total.